The summed E-state index contributed by atoms with van der Waals surface area (Å²) in [5.74, 6) is 0.741. The predicted octanol–water partition coefficient (Wildman–Crippen LogP) is 1.72. The van der Waals surface area contributed by atoms with Crippen molar-refractivity contribution in [2.24, 2.45) is 0 Å². The number of H-pyrrole nitrogens is 2. The van der Waals surface area contributed by atoms with E-state index in [2.05, 4.69) is 30.7 Å². The van der Waals surface area contributed by atoms with Gasteiger partial charge < -0.3 is 4.98 Å². The number of hydrogen-bond acceptors (Lipinski definition) is 4. The van der Waals surface area contributed by atoms with Gasteiger partial charge in [-0.15, -0.1) is 11.3 Å². The van der Waals surface area contributed by atoms with Gasteiger partial charge in [-0.1, -0.05) is 0 Å². The summed E-state index contributed by atoms with van der Waals surface area (Å²) in [6.07, 6.45) is 5.24. The molecule has 3 aromatic rings. The summed E-state index contributed by atoms with van der Waals surface area (Å²) >= 11 is 1.43. The van der Waals surface area contributed by atoms with E-state index in [1.807, 2.05) is 6.07 Å². The first kappa shape index (κ1) is 8.37. The van der Waals surface area contributed by atoms with Crippen molar-refractivity contribution < 1.29 is 0 Å². The van der Waals surface area contributed by atoms with Crippen LogP contribution >= 0.6 is 11.3 Å². The van der Waals surface area contributed by atoms with Crippen LogP contribution in [0.1, 0.15) is 0 Å². The lowest BCUT2D eigenvalue weighted by molar-refractivity contribution is 1.10. The first-order chi connectivity index (χ1) is 7.45. The monoisotopic (exact) mass is 216 g/mol. The third kappa shape index (κ3) is 1.35. The first-order valence-corrected chi connectivity index (χ1v) is 5.13. The molecule has 0 aliphatic rings. The van der Waals surface area contributed by atoms with E-state index >= 15 is 0 Å². The number of aromatic amines is 2. The van der Waals surface area contributed by atoms with E-state index in [0.29, 0.717) is 0 Å². The fraction of sp³-hybridized carbons (Fsp3) is 0. The lowest BCUT2D eigenvalue weighted by Crippen LogP contribution is -1.84. The Bertz CT molecular complexity index is 488. The van der Waals surface area contributed by atoms with Crippen LogP contribution in [0.2, 0.25) is 0 Å². The molecular formula is C9H6N5S. The van der Waals surface area contributed by atoms with E-state index in [9.17, 15) is 0 Å². The number of hydrogen-bond donors (Lipinski definition) is 2. The van der Waals surface area contributed by atoms with E-state index in [-0.39, 0.29) is 0 Å². The summed E-state index contributed by atoms with van der Waals surface area (Å²) in [4.78, 5) is 12.3. The minimum atomic E-state index is 0.741. The summed E-state index contributed by atoms with van der Waals surface area (Å²) in [6, 6.07) is 1.90. The maximum absolute atomic E-state index is 4.16. The van der Waals surface area contributed by atoms with Crippen LogP contribution in [0.25, 0.3) is 22.1 Å². The summed E-state index contributed by atoms with van der Waals surface area (Å²) in [5.41, 5.74) is 4.50. The van der Waals surface area contributed by atoms with E-state index < -0.39 is 0 Å². The zero-order valence-electron chi connectivity index (χ0n) is 7.56. The molecule has 0 atom stereocenters. The van der Waals surface area contributed by atoms with E-state index in [0.717, 1.165) is 22.1 Å². The van der Waals surface area contributed by atoms with E-state index in [1.54, 1.807) is 18.6 Å². The molecule has 6 heteroatoms. The van der Waals surface area contributed by atoms with Crippen molar-refractivity contribution in [3.05, 3.63) is 30.2 Å². The highest BCUT2D eigenvalue weighted by Gasteiger charge is 2.13. The first-order valence-electron chi connectivity index (χ1n) is 4.32. The molecule has 0 saturated carbocycles. The maximum Gasteiger partial charge on any atom is 0.157 e. The highest BCUT2D eigenvalue weighted by Crippen LogP contribution is 2.30. The second kappa shape index (κ2) is 3.32. The zero-order chi connectivity index (χ0) is 10.1. The number of imidazole rings is 1. The topological polar surface area (TPSA) is 70.2 Å². The van der Waals surface area contributed by atoms with Gasteiger partial charge in [0.15, 0.2) is 11.3 Å². The van der Waals surface area contributed by atoms with Crippen molar-refractivity contribution in [1.82, 2.24) is 25.1 Å². The Balaban J connectivity index is 2.15. The van der Waals surface area contributed by atoms with Crippen molar-refractivity contribution in [3.63, 3.8) is 0 Å². The van der Waals surface area contributed by atoms with Crippen LogP contribution in [0.5, 0.6) is 0 Å². The third-order valence-electron chi connectivity index (χ3n) is 1.98. The molecule has 0 aromatic carbocycles. The summed E-state index contributed by atoms with van der Waals surface area (Å²) in [6.45, 7) is 0. The number of rotatable bonds is 2. The molecule has 15 heavy (non-hydrogen) atoms. The van der Waals surface area contributed by atoms with Crippen molar-refractivity contribution >= 4 is 11.3 Å². The molecule has 0 spiro atoms. The molecule has 0 bridgehead atoms. The van der Waals surface area contributed by atoms with Gasteiger partial charge in [-0.05, 0) is 6.07 Å². The number of aromatic nitrogens is 5. The minimum Gasteiger partial charge on any atom is -0.343 e. The summed E-state index contributed by atoms with van der Waals surface area (Å²) < 4.78 is 0. The van der Waals surface area contributed by atoms with Gasteiger partial charge in [-0.3, -0.25) is 5.10 Å². The normalized spacial score (nSPS) is 10.7. The Morgan fingerprint density at radius 3 is 3.07 bits per heavy atom. The molecule has 3 heterocycles. The molecular weight excluding hydrogens is 210 g/mol. The molecule has 2 N–H and O–H groups in total. The molecule has 0 amide bonds. The largest absolute Gasteiger partial charge is 0.343 e. The van der Waals surface area contributed by atoms with Gasteiger partial charge in [0.05, 0.1) is 4.88 Å². The van der Waals surface area contributed by atoms with E-state index in [1.165, 1.54) is 11.3 Å². The average molecular weight is 216 g/mol. The van der Waals surface area contributed by atoms with Crippen molar-refractivity contribution in [1.29, 1.82) is 0 Å². The maximum atomic E-state index is 4.16. The van der Waals surface area contributed by atoms with Gasteiger partial charge in [0.2, 0.25) is 0 Å². The number of nitrogens with one attached hydrogen (secondary N) is 2. The number of thiazole rings is 1. The van der Waals surface area contributed by atoms with Crippen molar-refractivity contribution in [3.8, 4) is 22.1 Å². The SMILES string of the molecule is [c]1nc(-c2ncc[nH]2)c(-c2cc[nH]n2)s1. The van der Waals surface area contributed by atoms with Crippen LogP contribution in [0.3, 0.4) is 0 Å². The Labute approximate surface area is 89.2 Å². The molecule has 5 nitrogen and oxygen atoms in total. The Morgan fingerprint density at radius 1 is 1.33 bits per heavy atom. The van der Waals surface area contributed by atoms with Crippen molar-refractivity contribution in [2.45, 2.75) is 0 Å². The molecule has 73 valence electrons. The zero-order valence-corrected chi connectivity index (χ0v) is 8.38. The van der Waals surface area contributed by atoms with Gasteiger partial charge >= 0.3 is 0 Å². The Kier molecular flexibility index (Phi) is 1.85. The molecule has 0 unspecified atom stereocenters. The van der Waals surface area contributed by atoms with Crippen LogP contribution in [0.4, 0.5) is 0 Å². The Morgan fingerprint density at radius 2 is 2.33 bits per heavy atom. The molecule has 0 aliphatic heterocycles. The summed E-state index contributed by atoms with van der Waals surface area (Å²) in [7, 11) is 0. The highest BCUT2D eigenvalue weighted by molar-refractivity contribution is 7.13. The highest BCUT2D eigenvalue weighted by atomic mass is 32.1. The summed E-state index contributed by atoms with van der Waals surface area (Å²) in [5, 5.41) is 6.89. The Hall–Kier alpha value is -1.95. The minimum absolute atomic E-state index is 0.741. The number of nitrogens with zero attached hydrogens (tertiary/aromatic N) is 3. The van der Waals surface area contributed by atoms with E-state index in [4.69, 9.17) is 0 Å². The standard InChI is InChI=1S/C9H6N5S/c1-2-13-14-6(1)8-7(12-5-15-8)9-10-3-4-11-9/h1-4H,(H,10,11)(H,13,14). The van der Waals surface area contributed by atoms with Crippen LogP contribution in [0.15, 0.2) is 24.7 Å². The van der Waals surface area contributed by atoms with Crippen LogP contribution in [-0.2, 0) is 0 Å². The smallest absolute Gasteiger partial charge is 0.157 e. The molecule has 3 aromatic heterocycles. The van der Waals surface area contributed by atoms with Gasteiger partial charge in [0.25, 0.3) is 0 Å². The van der Waals surface area contributed by atoms with Gasteiger partial charge in [0.1, 0.15) is 11.4 Å². The molecule has 0 aliphatic carbocycles. The fourth-order valence-corrected chi connectivity index (χ4v) is 2.01. The second-order valence-corrected chi connectivity index (χ2v) is 3.68. The fourth-order valence-electron chi connectivity index (χ4n) is 1.33. The van der Waals surface area contributed by atoms with Gasteiger partial charge in [0, 0.05) is 18.6 Å². The lowest BCUT2D eigenvalue weighted by atomic mass is 10.3. The average Bonchev–Trinajstić information content (AvgIpc) is 3.01. The predicted molar refractivity (Wildman–Crippen MR) is 56.1 cm³/mol. The quantitative estimate of drug-likeness (QED) is 0.685. The lowest BCUT2D eigenvalue weighted by Gasteiger charge is -1.94. The molecule has 0 fully saturated rings. The molecule has 3 rings (SSSR count). The van der Waals surface area contributed by atoms with Gasteiger partial charge in [-0.25, -0.2) is 9.97 Å². The van der Waals surface area contributed by atoms with Gasteiger partial charge in [-0.2, -0.15) is 5.10 Å². The van der Waals surface area contributed by atoms with Crippen LogP contribution < -0.4 is 0 Å². The third-order valence-corrected chi connectivity index (χ3v) is 2.77. The second-order valence-electron chi connectivity index (χ2n) is 2.88. The molecule has 0 saturated heterocycles. The van der Waals surface area contributed by atoms with Crippen LogP contribution in [-0.4, -0.2) is 25.1 Å². The van der Waals surface area contributed by atoms with Crippen LogP contribution in [0, 0.1) is 5.51 Å². The molecule has 1 radical (unpaired) electrons. The van der Waals surface area contributed by atoms with Crippen molar-refractivity contribution in [2.75, 3.05) is 0 Å².